The summed E-state index contributed by atoms with van der Waals surface area (Å²) < 4.78 is 31.0. The average molecular weight is 612 g/mol. The minimum Gasteiger partial charge on any atom is -0.490 e. The third kappa shape index (κ3) is 5.71. The zero-order valence-corrected chi connectivity index (χ0v) is 21.4. The number of cyclic esters (lactones) is 1. The Balaban J connectivity index is 1.62. The van der Waals surface area contributed by atoms with E-state index in [0.717, 1.165) is 9.13 Å². The maximum Gasteiger partial charge on any atom is 0.363 e. The Morgan fingerprint density at radius 2 is 1.82 bits per heavy atom. The van der Waals surface area contributed by atoms with Crippen molar-refractivity contribution in [1.29, 1.82) is 0 Å². The predicted octanol–water partition coefficient (Wildman–Crippen LogP) is 7.06. The number of hydrogen-bond acceptors (Lipinski definition) is 5. The first-order chi connectivity index (χ1) is 16.3. The van der Waals surface area contributed by atoms with Crippen molar-refractivity contribution in [3.63, 3.8) is 0 Å². The molecule has 0 aromatic heterocycles. The van der Waals surface area contributed by atoms with Crippen molar-refractivity contribution in [3.05, 3.63) is 96.4 Å². The Morgan fingerprint density at radius 1 is 1.06 bits per heavy atom. The molecule has 0 N–H and O–H groups in total. The van der Waals surface area contributed by atoms with Gasteiger partial charge in [0.25, 0.3) is 0 Å². The van der Waals surface area contributed by atoms with Crippen LogP contribution in [-0.4, -0.2) is 18.5 Å². The highest BCUT2D eigenvalue weighted by molar-refractivity contribution is 14.1. The van der Waals surface area contributed by atoms with Crippen LogP contribution >= 0.6 is 45.8 Å². The van der Waals surface area contributed by atoms with E-state index >= 15 is 0 Å². The van der Waals surface area contributed by atoms with Crippen molar-refractivity contribution in [2.45, 2.75) is 13.5 Å². The second kappa shape index (κ2) is 10.8. The average Bonchev–Trinajstić information content (AvgIpc) is 3.16. The fourth-order valence-corrected chi connectivity index (χ4v) is 4.12. The van der Waals surface area contributed by atoms with Gasteiger partial charge in [-0.25, -0.2) is 14.2 Å². The zero-order valence-electron chi connectivity index (χ0n) is 17.8. The number of esters is 1. The van der Waals surface area contributed by atoms with Gasteiger partial charge in [0.05, 0.1) is 22.2 Å². The topological polar surface area (TPSA) is 57.1 Å². The van der Waals surface area contributed by atoms with Crippen LogP contribution in [0.25, 0.3) is 6.08 Å². The van der Waals surface area contributed by atoms with Crippen LogP contribution in [0.1, 0.15) is 23.6 Å². The number of rotatable bonds is 7. The Kier molecular flexibility index (Phi) is 7.75. The molecule has 5 nitrogen and oxygen atoms in total. The standard InChI is InChI=1S/C25H17Cl2FINO4/c1-2-32-22-11-15(9-20(27)23(22)33-13-14-3-5-16(28)6-4-14)10-21-25(31)34-24(30-21)18-12-17(29)7-8-19(18)26/h3-12H,2,13H2,1H3/b21-10-. The lowest BCUT2D eigenvalue weighted by atomic mass is 10.1. The quantitative estimate of drug-likeness (QED) is 0.163. The highest BCUT2D eigenvalue weighted by Crippen LogP contribution is 2.38. The molecule has 0 unspecified atom stereocenters. The first-order valence-electron chi connectivity index (χ1n) is 10.2. The predicted molar refractivity (Wildman–Crippen MR) is 138 cm³/mol. The van der Waals surface area contributed by atoms with E-state index < -0.39 is 5.97 Å². The van der Waals surface area contributed by atoms with E-state index in [4.69, 9.17) is 37.4 Å². The summed E-state index contributed by atoms with van der Waals surface area (Å²) in [7, 11) is 0. The highest BCUT2D eigenvalue weighted by Gasteiger charge is 2.26. The van der Waals surface area contributed by atoms with Crippen LogP contribution in [-0.2, 0) is 16.1 Å². The molecule has 0 radical (unpaired) electrons. The molecule has 0 saturated heterocycles. The summed E-state index contributed by atoms with van der Waals surface area (Å²) in [5.74, 6) is -0.0421. The minimum atomic E-state index is -0.601. The molecule has 0 saturated carbocycles. The van der Waals surface area contributed by atoms with Gasteiger partial charge in [-0.2, -0.15) is 0 Å². The van der Waals surface area contributed by atoms with Gasteiger partial charge in [-0.05, 0) is 89.2 Å². The number of aliphatic imine (C=N–C) groups is 1. The molecule has 0 spiro atoms. The van der Waals surface area contributed by atoms with Gasteiger partial charge in [0.1, 0.15) is 12.4 Å². The molecule has 0 amide bonds. The van der Waals surface area contributed by atoms with Gasteiger partial charge < -0.3 is 14.2 Å². The zero-order chi connectivity index (χ0) is 24.2. The molecule has 3 aromatic rings. The molecule has 0 atom stereocenters. The molecule has 0 aliphatic carbocycles. The Morgan fingerprint density at radius 3 is 2.56 bits per heavy atom. The lowest BCUT2D eigenvalue weighted by Crippen LogP contribution is -2.06. The van der Waals surface area contributed by atoms with Gasteiger partial charge in [0.15, 0.2) is 17.2 Å². The molecule has 3 aromatic carbocycles. The molecule has 0 bridgehead atoms. The van der Waals surface area contributed by atoms with Crippen LogP contribution in [0.15, 0.2) is 65.3 Å². The minimum absolute atomic E-state index is 0.100. The molecular weight excluding hydrogens is 595 g/mol. The highest BCUT2D eigenvalue weighted by atomic mass is 127. The van der Waals surface area contributed by atoms with Crippen LogP contribution < -0.4 is 9.47 Å². The SMILES string of the molecule is CCOc1cc(/C=C2\N=C(c3cc(I)ccc3Cl)OC2=O)cc(Cl)c1OCc1ccc(F)cc1. The largest absolute Gasteiger partial charge is 0.490 e. The smallest absolute Gasteiger partial charge is 0.363 e. The number of carbonyl (C=O) groups is 1. The maximum atomic E-state index is 13.1. The van der Waals surface area contributed by atoms with E-state index in [1.54, 1.807) is 42.5 Å². The third-order valence-electron chi connectivity index (χ3n) is 4.71. The Labute approximate surface area is 219 Å². The van der Waals surface area contributed by atoms with E-state index in [2.05, 4.69) is 27.6 Å². The molecular formula is C25H17Cl2FINO4. The van der Waals surface area contributed by atoms with Crippen LogP contribution in [0.2, 0.25) is 10.0 Å². The molecule has 0 fully saturated rings. The molecule has 4 rings (SSSR count). The van der Waals surface area contributed by atoms with E-state index in [1.807, 2.05) is 13.0 Å². The van der Waals surface area contributed by atoms with Crippen LogP contribution in [0.5, 0.6) is 11.5 Å². The maximum absolute atomic E-state index is 13.1. The summed E-state index contributed by atoms with van der Waals surface area (Å²) in [4.78, 5) is 16.8. The molecule has 1 aliphatic heterocycles. The van der Waals surface area contributed by atoms with Crippen LogP contribution in [0.4, 0.5) is 4.39 Å². The third-order valence-corrected chi connectivity index (χ3v) is 5.99. The first kappa shape index (κ1) is 24.5. The summed E-state index contributed by atoms with van der Waals surface area (Å²) in [5, 5.41) is 0.716. The van der Waals surface area contributed by atoms with Gasteiger partial charge in [-0.15, -0.1) is 0 Å². The number of benzene rings is 3. The fourth-order valence-electron chi connectivity index (χ4n) is 3.15. The van der Waals surface area contributed by atoms with E-state index in [9.17, 15) is 9.18 Å². The van der Waals surface area contributed by atoms with Crippen LogP contribution in [0, 0.1) is 9.39 Å². The van der Waals surface area contributed by atoms with E-state index in [-0.39, 0.29) is 29.0 Å². The summed E-state index contributed by atoms with van der Waals surface area (Å²) in [5.41, 5.74) is 1.98. The Hall–Kier alpha value is -2.62. The van der Waals surface area contributed by atoms with Crippen molar-refractivity contribution in [2.75, 3.05) is 6.61 Å². The fraction of sp³-hybridized carbons (Fsp3) is 0.120. The first-order valence-corrected chi connectivity index (χ1v) is 12.0. The van der Waals surface area contributed by atoms with Crippen molar-refractivity contribution >= 4 is 63.7 Å². The lowest BCUT2D eigenvalue weighted by Gasteiger charge is -2.14. The molecule has 1 aliphatic rings. The normalized spacial score (nSPS) is 14.2. The van der Waals surface area contributed by atoms with Crippen molar-refractivity contribution in [3.8, 4) is 11.5 Å². The van der Waals surface area contributed by atoms with Gasteiger partial charge in [-0.1, -0.05) is 35.3 Å². The molecule has 9 heteroatoms. The Bertz CT molecular complexity index is 1310. The van der Waals surface area contributed by atoms with Crippen molar-refractivity contribution < 1.29 is 23.4 Å². The summed E-state index contributed by atoms with van der Waals surface area (Å²) >= 11 is 14.9. The number of ether oxygens (including phenoxy) is 3. The van der Waals surface area contributed by atoms with Gasteiger partial charge in [0.2, 0.25) is 5.90 Å². The van der Waals surface area contributed by atoms with Gasteiger partial charge >= 0.3 is 5.97 Å². The van der Waals surface area contributed by atoms with Gasteiger partial charge in [0, 0.05) is 3.57 Å². The summed E-state index contributed by atoms with van der Waals surface area (Å²) in [6, 6.07) is 14.7. The molecule has 34 heavy (non-hydrogen) atoms. The number of carbonyl (C=O) groups excluding carboxylic acids is 1. The van der Waals surface area contributed by atoms with Crippen molar-refractivity contribution in [2.24, 2.45) is 4.99 Å². The van der Waals surface area contributed by atoms with Crippen LogP contribution in [0.3, 0.4) is 0 Å². The van der Waals surface area contributed by atoms with Crippen molar-refractivity contribution in [1.82, 2.24) is 0 Å². The van der Waals surface area contributed by atoms with Gasteiger partial charge in [-0.3, -0.25) is 0 Å². The van der Waals surface area contributed by atoms with E-state index in [0.29, 0.717) is 34.3 Å². The lowest BCUT2D eigenvalue weighted by molar-refractivity contribution is -0.129. The van der Waals surface area contributed by atoms with E-state index in [1.165, 1.54) is 12.1 Å². The number of hydrogen-bond donors (Lipinski definition) is 0. The number of nitrogens with zero attached hydrogens (tertiary/aromatic N) is 1. The monoisotopic (exact) mass is 611 g/mol. The second-order valence-electron chi connectivity index (χ2n) is 7.14. The molecule has 1 heterocycles. The summed E-state index contributed by atoms with van der Waals surface area (Å²) in [6.07, 6.45) is 1.55. The molecule has 174 valence electrons. The summed E-state index contributed by atoms with van der Waals surface area (Å²) in [6.45, 7) is 2.38. The second-order valence-corrected chi connectivity index (χ2v) is 9.20. The number of halogens is 4.